The van der Waals surface area contributed by atoms with Crippen molar-refractivity contribution in [2.75, 3.05) is 4.90 Å². The lowest BCUT2D eigenvalue weighted by Crippen LogP contribution is -2.74. The zero-order chi connectivity index (χ0) is 29.3. The first-order chi connectivity index (χ1) is 21.8. The second-order valence-electron chi connectivity index (χ2n) is 10.7. The van der Waals surface area contributed by atoms with Gasteiger partial charge >= 0.3 is 0 Å². The molecule has 2 heterocycles. The first-order valence-electron chi connectivity index (χ1n) is 14.5. The second kappa shape index (κ2) is 10.8. The highest BCUT2D eigenvalue weighted by Gasteiger charge is 2.41. The molecule has 0 atom stereocenters. The van der Waals surface area contributed by atoms with Crippen molar-refractivity contribution in [2.45, 2.75) is 0 Å². The van der Waals surface area contributed by atoms with E-state index in [0.29, 0.717) is 0 Å². The third-order valence-corrected chi connectivity index (χ3v) is 13.1. The summed E-state index contributed by atoms with van der Waals surface area (Å²) in [5.74, 6) is 0. The van der Waals surface area contributed by atoms with E-state index in [1.807, 2.05) is 24.3 Å². The van der Waals surface area contributed by atoms with Crippen LogP contribution in [0.1, 0.15) is 0 Å². The normalized spacial score (nSPS) is 11.6. The Bertz CT molecular complexity index is 2010. The number of oxazole rings is 2. The van der Waals surface area contributed by atoms with Gasteiger partial charge in [0.1, 0.15) is 11.0 Å². The average molecular weight is 586 g/mol. The van der Waals surface area contributed by atoms with E-state index in [4.69, 9.17) is 8.83 Å². The maximum absolute atomic E-state index is 5.69. The smallest absolute Gasteiger partial charge is 0.181 e. The van der Waals surface area contributed by atoms with Crippen LogP contribution in [0.25, 0.3) is 22.2 Å². The molecule has 6 heteroatoms. The predicted octanol–water partition coefficient (Wildman–Crippen LogP) is 6.82. The molecule has 0 N–H and O–H groups in total. The van der Waals surface area contributed by atoms with Gasteiger partial charge in [0, 0.05) is 23.1 Å². The molecular formula is C38H27N3O2Si. The van der Waals surface area contributed by atoms with E-state index in [0.717, 1.165) is 39.3 Å². The number of hydrogen-bond donors (Lipinski definition) is 0. The zero-order valence-electron chi connectivity index (χ0n) is 23.7. The van der Waals surface area contributed by atoms with E-state index in [1.165, 1.54) is 33.5 Å². The Morgan fingerprint density at radius 3 is 1.50 bits per heavy atom. The van der Waals surface area contributed by atoms with E-state index in [9.17, 15) is 0 Å². The number of benzene rings is 6. The van der Waals surface area contributed by atoms with Crippen LogP contribution in [0.4, 0.5) is 17.1 Å². The largest absolute Gasteiger partial charge is 0.443 e. The van der Waals surface area contributed by atoms with Gasteiger partial charge in [-0.15, -0.1) is 0 Å². The minimum absolute atomic E-state index is 0.732. The van der Waals surface area contributed by atoms with E-state index < -0.39 is 8.07 Å². The first-order valence-corrected chi connectivity index (χ1v) is 16.5. The molecule has 0 unspecified atom stereocenters. The van der Waals surface area contributed by atoms with Gasteiger partial charge in [0.2, 0.25) is 0 Å². The average Bonchev–Trinajstić information content (AvgIpc) is 3.77. The first kappa shape index (κ1) is 25.9. The fourth-order valence-corrected chi connectivity index (χ4v) is 11.1. The zero-order valence-corrected chi connectivity index (χ0v) is 24.7. The van der Waals surface area contributed by atoms with E-state index >= 15 is 0 Å². The van der Waals surface area contributed by atoms with Gasteiger partial charge in [-0.2, -0.15) is 0 Å². The van der Waals surface area contributed by atoms with E-state index in [1.54, 1.807) is 0 Å². The highest BCUT2D eigenvalue weighted by molar-refractivity contribution is 7.19. The van der Waals surface area contributed by atoms with Gasteiger partial charge in [-0.05, 0) is 63.2 Å². The van der Waals surface area contributed by atoms with E-state index in [-0.39, 0.29) is 0 Å². The molecule has 0 fully saturated rings. The number of rotatable bonds is 7. The number of aromatic nitrogens is 2. The summed E-state index contributed by atoms with van der Waals surface area (Å²) in [4.78, 5) is 11.0. The third kappa shape index (κ3) is 4.32. The number of nitrogens with zero attached hydrogens (tertiary/aromatic N) is 3. The van der Waals surface area contributed by atoms with Crippen molar-refractivity contribution >= 4 is 68.1 Å². The summed E-state index contributed by atoms with van der Waals surface area (Å²) < 4.78 is 11.2. The summed E-state index contributed by atoms with van der Waals surface area (Å²) in [6.07, 6.45) is 2.96. The van der Waals surface area contributed by atoms with Crippen LogP contribution in [0.3, 0.4) is 0 Å². The van der Waals surface area contributed by atoms with Crippen LogP contribution in [0.15, 0.2) is 173 Å². The SMILES string of the molecule is c1ccc([Si](c2ccccc2)(c2ccccc2)c2ccc(N(c3ccc4ocnc4c3)c3ccc4ncoc4c3)cc2)cc1. The summed E-state index contributed by atoms with van der Waals surface area (Å²) in [5, 5.41) is 5.33. The van der Waals surface area contributed by atoms with Crippen LogP contribution < -0.4 is 25.6 Å². The molecule has 0 spiro atoms. The number of anilines is 3. The molecule has 5 nitrogen and oxygen atoms in total. The van der Waals surface area contributed by atoms with Gasteiger partial charge in [0.15, 0.2) is 32.0 Å². The topological polar surface area (TPSA) is 55.3 Å². The van der Waals surface area contributed by atoms with Crippen molar-refractivity contribution in [3.8, 4) is 0 Å². The van der Waals surface area contributed by atoms with Gasteiger partial charge in [-0.1, -0.05) is 103 Å². The maximum atomic E-state index is 5.69. The second-order valence-corrected chi connectivity index (χ2v) is 14.5. The van der Waals surface area contributed by atoms with Crippen LogP contribution in [-0.4, -0.2) is 18.0 Å². The molecular weight excluding hydrogens is 559 g/mol. The molecule has 0 saturated carbocycles. The molecule has 0 saturated heterocycles. The maximum Gasteiger partial charge on any atom is 0.181 e. The van der Waals surface area contributed by atoms with Crippen molar-refractivity contribution in [3.05, 3.63) is 164 Å². The lowest BCUT2D eigenvalue weighted by molar-refractivity contribution is 0.601. The molecule has 0 amide bonds. The van der Waals surface area contributed by atoms with Crippen molar-refractivity contribution in [3.63, 3.8) is 0 Å². The Labute approximate surface area is 255 Å². The monoisotopic (exact) mass is 585 g/mol. The molecule has 0 aliphatic carbocycles. The Kier molecular flexibility index (Phi) is 6.39. The molecule has 8 aromatic rings. The van der Waals surface area contributed by atoms with Gasteiger partial charge in [0.05, 0.1) is 0 Å². The number of hydrogen-bond acceptors (Lipinski definition) is 5. The Morgan fingerprint density at radius 2 is 0.886 bits per heavy atom. The van der Waals surface area contributed by atoms with Crippen molar-refractivity contribution < 1.29 is 8.83 Å². The molecule has 0 bridgehead atoms. The van der Waals surface area contributed by atoms with Crippen molar-refractivity contribution in [2.24, 2.45) is 0 Å². The minimum Gasteiger partial charge on any atom is -0.443 e. The fraction of sp³-hybridized carbons (Fsp3) is 0. The lowest BCUT2D eigenvalue weighted by atomic mass is 10.1. The number of fused-ring (bicyclic) bond motifs is 2. The molecule has 8 rings (SSSR count). The van der Waals surface area contributed by atoms with E-state index in [2.05, 4.69) is 142 Å². The fourth-order valence-electron chi connectivity index (χ4n) is 6.34. The highest BCUT2D eigenvalue weighted by atomic mass is 28.3. The van der Waals surface area contributed by atoms with Gasteiger partial charge in [-0.3, -0.25) is 0 Å². The lowest BCUT2D eigenvalue weighted by Gasteiger charge is -2.35. The predicted molar refractivity (Wildman–Crippen MR) is 180 cm³/mol. The van der Waals surface area contributed by atoms with Crippen LogP contribution in [0.2, 0.25) is 0 Å². The Morgan fingerprint density at radius 1 is 0.409 bits per heavy atom. The summed E-state index contributed by atoms with van der Waals surface area (Å²) in [6, 6.07) is 54.1. The van der Waals surface area contributed by atoms with Gasteiger partial charge < -0.3 is 13.7 Å². The van der Waals surface area contributed by atoms with Gasteiger partial charge in [0.25, 0.3) is 0 Å². The van der Waals surface area contributed by atoms with Crippen LogP contribution >= 0.6 is 0 Å². The summed E-state index contributed by atoms with van der Waals surface area (Å²) in [7, 11) is -2.63. The molecule has 44 heavy (non-hydrogen) atoms. The van der Waals surface area contributed by atoms with Crippen molar-refractivity contribution in [1.29, 1.82) is 0 Å². The Balaban J connectivity index is 1.33. The third-order valence-electron chi connectivity index (χ3n) is 8.32. The highest BCUT2D eigenvalue weighted by Crippen LogP contribution is 2.37. The summed E-state index contributed by atoms with van der Waals surface area (Å²) >= 11 is 0. The quantitative estimate of drug-likeness (QED) is 0.152. The molecule has 2 aromatic heterocycles. The van der Waals surface area contributed by atoms with Crippen LogP contribution in [-0.2, 0) is 0 Å². The Hall–Kier alpha value is -5.72. The molecule has 0 aliphatic rings. The molecule has 0 radical (unpaired) electrons. The van der Waals surface area contributed by atoms with Crippen molar-refractivity contribution in [1.82, 2.24) is 9.97 Å². The standard InChI is InChI=1S/C38H27N3O2Si/c1-4-10-31(11-5-1)44(32-12-6-2-7-13-32,33-14-8-3-9-15-33)34-20-16-28(17-21-34)41(29-19-23-37-36(24-29)40-27-42-37)30-18-22-35-38(25-30)43-26-39-35/h1-27H. The molecule has 210 valence electrons. The van der Waals surface area contributed by atoms with Gasteiger partial charge in [-0.25, -0.2) is 9.97 Å². The van der Waals surface area contributed by atoms with Crippen LogP contribution in [0.5, 0.6) is 0 Å². The molecule has 0 aliphatic heterocycles. The minimum atomic E-state index is -2.63. The summed E-state index contributed by atoms with van der Waals surface area (Å²) in [5.41, 5.74) is 6.05. The molecule has 6 aromatic carbocycles. The summed E-state index contributed by atoms with van der Waals surface area (Å²) in [6.45, 7) is 0. The van der Waals surface area contributed by atoms with Crippen LogP contribution in [0, 0.1) is 0 Å².